The lowest BCUT2D eigenvalue weighted by Crippen LogP contribution is -2.43. The molecule has 3 aromatic rings. The highest BCUT2D eigenvalue weighted by molar-refractivity contribution is 7.86. The summed E-state index contributed by atoms with van der Waals surface area (Å²) in [6.45, 7) is 11.8. The van der Waals surface area contributed by atoms with E-state index in [1.165, 1.54) is 29.8 Å². The van der Waals surface area contributed by atoms with Gasteiger partial charge in [-0.3, -0.25) is 9.11 Å². The smallest absolute Gasteiger partial charge is 0.294 e. The van der Waals surface area contributed by atoms with E-state index in [2.05, 4.69) is 26.1 Å². The van der Waals surface area contributed by atoms with E-state index in [0.29, 0.717) is 18.4 Å². The molecule has 0 saturated carbocycles. The Labute approximate surface area is 245 Å². The van der Waals surface area contributed by atoms with Gasteiger partial charge in [0.05, 0.1) is 15.9 Å². The van der Waals surface area contributed by atoms with Crippen LogP contribution in [0.5, 0.6) is 0 Å². The van der Waals surface area contributed by atoms with Crippen LogP contribution in [-0.2, 0) is 26.7 Å². The molecule has 0 bridgehead atoms. The van der Waals surface area contributed by atoms with Crippen LogP contribution in [0.4, 0.5) is 0 Å². The zero-order valence-corrected chi connectivity index (χ0v) is 26.0. The average molecular weight is 609 g/mol. The van der Waals surface area contributed by atoms with E-state index in [-0.39, 0.29) is 15.8 Å². The van der Waals surface area contributed by atoms with Crippen molar-refractivity contribution in [3.8, 4) is 0 Å². The van der Waals surface area contributed by atoms with Crippen LogP contribution in [0.25, 0.3) is 0 Å². The molecular formula is C30H44N2O7S2. The molecule has 41 heavy (non-hydrogen) atoms. The number of hydrogen-bond donors (Lipinski definition) is 5. The minimum atomic E-state index is -4.02. The van der Waals surface area contributed by atoms with Crippen molar-refractivity contribution >= 4 is 20.2 Å². The minimum Gasteiger partial charge on any atom is -0.390 e. The third-order valence-electron chi connectivity index (χ3n) is 5.85. The Morgan fingerprint density at radius 3 is 1.54 bits per heavy atom. The van der Waals surface area contributed by atoms with Crippen molar-refractivity contribution in [1.82, 2.24) is 5.32 Å². The van der Waals surface area contributed by atoms with Crippen molar-refractivity contribution in [2.45, 2.75) is 69.4 Å². The molecule has 0 unspecified atom stereocenters. The number of hydrogen-bond acceptors (Lipinski definition) is 7. The summed E-state index contributed by atoms with van der Waals surface area (Å²) in [5.41, 5.74) is 9.43. The maximum atomic E-state index is 10.5. The molecule has 0 aliphatic carbocycles. The van der Waals surface area contributed by atoms with Crippen molar-refractivity contribution in [2.24, 2.45) is 11.1 Å². The molecule has 9 nitrogen and oxygen atoms in total. The summed E-state index contributed by atoms with van der Waals surface area (Å²) in [5, 5.41) is 13.3. The first kappa shape index (κ1) is 36.4. The fourth-order valence-corrected chi connectivity index (χ4v) is 4.27. The lowest BCUT2D eigenvalue weighted by molar-refractivity contribution is 0.140. The highest BCUT2D eigenvalue weighted by Crippen LogP contribution is 2.17. The number of nitrogens with two attached hydrogens (primary N) is 1. The third kappa shape index (κ3) is 16.4. The van der Waals surface area contributed by atoms with Gasteiger partial charge < -0.3 is 16.2 Å². The Hall–Kier alpha value is -2.64. The maximum Gasteiger partial charge on any atom is 0.294 e. The van der Waals surface area contributed by atoms with Gasteiger partial charge in [-0.2, -0.15) is 16.8 Å². The van der Waals surface area contributed by atoms with Gasteiger partial charge in [0.2, 0.25) is 0 Å². The molecule has 0 spiro atoms. The van der Waals surface area contributed by atoms with Gasteiger partial charge in [-0.1, -0.05) is 86.5 Å². The molecule has 0 saturated heterocycles. The summed E-state index contributed by atoms with van der Waals surface area (Å²) in [6.07, 6.45) is 1.30. The minimum absolute atomic E-state index is 0.0666. The van der Waals surface area contributed by atoms with Crippen LogP contribution in [0.1, 0.15) is 43.9 Å². The largest absolute Gasteiger partial charge is 0.390 e. The summed E-state index contributed by atoms with van der Waals surface area (Å²) in [5.74, 6) is 0. The van der Waals surface area contributed by atoms with Crippen LogP contribution in [0.2, 0.25) is 0 Å². The van der Waals surface area contributed by atoms with Crippen molar-refractivity contribution in [3.05, 3.63) is 95.6 Å². The molecule has 0 aliphatic heterocycles. The molecule has 11 heteroatoms. The first-order valence-electron chi connectivity index (χ1n) is 13.1. The Bertz CT molecular complexity index is 1300. The predicted octanol–water partition coefficient (Wildman–Crippen LogP) is 4.43. The standard InChI is InChI=1S/C16H28N2O.2C7H8O3S/c1-16(2,3)9-10-18-12-15(19)14(17)11-13-7-5-4-6-8-13;2*1-6-2-4-7(5-3-6)11(8,9)10/h4-8,14-15,18-19H,9-12,17H2,1-3H3;2*2-5H,1H3,(H,8,9,10)/t14-,15+;;/m0../s1. The lowest BCUT2D eigenvalue weighted by Gasteiger charge is -2.22. The number of nitrogens with one attached hydrogen (secondary N) is 1. The molecule has 0 fully saturated rings. The van der Waals surface area contributed by atoms with Gasteiger partial charge in [-0.25, -0.2) is 0 Å². The highest BCUT2D eigenvalue weighted by Gasteiger charge is 2.16. The van der Waals surface area contributed by atoms with Gasteiger partial charge in [-0.05, 0) is 68.5 Å². The van der Waals surface area contributed by atoms with Crippen LogP contribution >= 0.6 is 0 Å². The molecule has 2 atom stereocenters. The van der Waals surface area contributed by atoms with Crippen molar-refractivity contribution < 1.29 is 31.0 Å². The molecule has 0 heterocycles. The molecule has 228 valence electrons. The topological polar surface area (TPSA) is 167 Å². The van der Waals surface area contributed by atoms with Gasteiger partial charge in [0.15, 0.2) is 0 Å². The Morgan fingerprint density at radius 2 is 1.17 bits per heavy atom. The fraction of sp³-hybridized carbons (Fsp3) is 0.400. The molecule has 0 amide bonds. The Kier molecular flexibility index (Phi) is 14.8. The maximum absolute atomic E-state index is 10.5. The zero-order chi connectivity index (χ0) is 31.3. The average Bonchev–Trinajstić information content (AvgIpc) is 2.87. The molecular weight excluding hydrogens is 564 g/mol. The number of rotatable bonds is 9. The molecule has 6 N–H and O–H groups in total. The zero-order valence-electron chi connectivity index (χ0n) is 24.4. The first-order chi connectivity index (χ1) is 18.9. The van der Waals surface area contributed by atoms with E-state index in [1.807, 2.05) is 44.2 Å². The number of aliphatic hydroxyl groups is 1. The van der Waals surface area contributed by atoms with Gasteiger partial charge in [0, 0.05) is 12.6 Å². The molecule has 3 aromatic carbocycles. The Balaban J connectivity index is 0.000000327. The van der Waals surface area contributed by atoms with E-state index < -0.39 is 26.3 Å². The van der Waals surface area contributed by atoms with E-state index in [0.717, 1.165) is 24.1 Å². The number of aliphatic hydroxyl groups excluding tert-OH is 1. The summed E-state index contributed by atoms with van der Waals surface area (Å²) >= 11 is 0. The second kappa shape index (κ2) is 16.7. The highest BCUT2D eigenvalue weighted by atomic mass is 32.2. The van der Waals surface area contributed by atoms with Gasteiger partial charge in [0.1, 0.15) is 0 Å². The lowest BCUT2D eigenvalue weighted by atomic mass is 9.92. The van der Waals surface area contributed by atoms with Crippen LogP contribution in [-0.4, -0.2) is 56.3 Å². The molecule has 0 aliphatic rings. The SMILES string of the molecule is CC(C)(C)CCNC[C@@H](O)[C@@H](N)Cc1ccccc1.Cc1ccc(S(=O)(=O)O)cc1.Cc1ccc(S(=O)(=O)O)cc1. The van der Waals surface area contributed by atoms with Gasteiger partial charge in [-0.15, -0.1) is 0 Å². The van der Waals surface area contributed by atoms with Crippen LogP contribution in [0.15, 0.2) is 88.7 Å². The van der Waals surface area contributed by atoms with Gasteiger partial charge in [0.25, 0.3) is 20.2 Å². The first-order valence-corrected chi connectivity index (χ1v) is 16.0. The molecule has 3 rings (SSSR count). The normalized spacial score (nSPS) is 13.2. The molecule has 0 radical (unpaired) electrons. The number of benzene rings is 3. The monoisotopic (exact) mass is 608 g/mol. The molecule has 0 aromatic heterocycles. The summed E-state index contributed by atoms with van der Waals surface area (Å²) < 4.78 is 59.1. The van der Waals surface area contributed by atoms with Crippen LogP contribution in [0, 0.1) is 19.3 Å². The third-order valence-corrected chi connectivity index (χ3v) is 7.59. The summed E-state index contributed by atoms with van der Waals surface area (Å²) in [7, 11) is -8.04. The summed E-state index contributed by atoms with van der Waals surface area (Å²) in [4.78, 5) is -0.133. The van der Waals surface area contributed by atoms with E-state index in [1.54, 1.807) is 24.3 Å². The fourth-order valence-electron chi connectivity index (χ4n) is 3.31. The van der Waals surface area contributed by atoms with Crippen molar-refractivity contribution in [3.63, 3.8) is 0 Å². The van der Waals surface area contributed by atoms with Crippen molar-refractivity contribution in [2.75, 3.05) is 13.1 Å². The predicted molar refractivity (Wildman–Crippen MR) is 163 cm³/mol. The Morgan fingerprint density at radius 1 is 0.756 bits per heavy atom. The second-order valence-corrected chi connectivity index (χ2v) is 13.9. The van der Waals surface area contributed by atoms with E-state index >= 15 is 0 Å². The van der Waals surface area contributed by atoms with E-state index in [4.69, 9.17) is 14.8 Å². The van der Waals surface area contributed by atoms with E-state index in [9.17, 15) is 21.9 Å². The van der Waals surface area contributed by atoms with Gasteiger partial charge >= 0.3 is 0 Å². The van der Waals surface area contributed by atoms with Crippen LogP contribution in [0.3, 0.4) is 0 Å². The van der Waals surface area contributed by atoms with Crippen molar-refractivity contribution in [1.29, 1.82) is 0 Å². The van der Waals surface area contributed by atoms with Crippen LogP contribution < -0.4 is 11.1 Å². The second-order valence-electron chi connectivity index (χ2n) is 11.0. The quantitative estimate of drug-likeness (QED) is 0.174. The summed E-state index contributed by atoms with van der Waals surface area (Å²) in [6, 6.07) is 21.8. The number of aryl methyl sites for hydroxylation is 2.